The molecule has 48 heavy (non-hydrogen) atoms. The minimum absolute atomic E-state index is 0.0340. The first-order valence-electron chi connectivity index (χ1n) is 18.7. The number of piperazine rings is 1. The predicted molar refractivity (Wildman–Crippen MR) is 205 cm³/mol. The smallest absolute Gasteiger partial charge is 0.128 e. The Morgan fingerprint density at radius 2 is 1.25 bits per heavy atom. The molecule has 0 amide bonds. The summed E-state index contributed by atoms with van der Waals surface area (Å²) in [5, 5.41) is 22.9. The Labute approximate surface area is 293 Å². The maximum atomic E-state index is 11.6. The van der Waals surface area contributed by atoms with Gasteiger partial charge in [-0.2, -0.15) is 0 Å². The van der Waals surface area contributed by atoms with Crippen LogP contribution in [0.15, 0.2) is 34.3 Å². The van der Waals surface area contributed by atoms with E-state index < -0.39 is 0 Å². The van der Waals surface area contributed by atoms with Gasteiger partial charge in [0, 0.05) is 54.3 Å². The van der Waals surface area contributed by atoms with E-state index in [1.807, 2.05) is 12.4 Å². The Kier molecular flexibility index (Phi) is 11.9. The summed E-state index contributed by atoms with van der Waals surface area (Å²) in [4.78, 5) is 12.7. The van der Waals surface area contributed by atoms with Crippen LogP contribution in [0.4, 0.5) is 0 Å². The number of hydrogen-bond donors (Lipinski definition) is 2. The summed E-state index contributed by atoms with van der Waals surface area (Å²) in [6.45, 7) is 28.5. The first-order valence-corrected chi connectivity index (χ1v) is 18.7. The third kappa shape index (κ3) is 9.72. The lowest BCUT2D eigenvalue weighted by molar-refractivity contribution is -0.914. The Bertz CT molecular complexity index is 1450. The number of aliphatic imine (C=N–C) groups is 2. The molecular formula is C42H67N4O2+. The number of phenols is 2. The van der Waals surface area contributed by atoms with Crippen LogP contribution in [-0.2, 0) is 22.8 Å². The lowest BCUT2D eigenvalue weighted by Crippen LogP contribution is -2.57. The highest BCUT2D eigenvalue weighted by Gasteiger charge is 2.30. The van der Waals surface area contributed by atoms with Crippen molar-refractivity contribution < 1.29 is 14.7 Å². The van der Waals surface area contributed by atoms with E-state index in [9.17, 15) is 10.2 Å². The molecule has 2 aliphatic rings. The molecule has 4 rings (SSSR count). The summed E-state index contributed by atoms with van der Waals surface area (Å²) in [6.07, 6.45) is 10.5. The summed E-state index contributed by atoms with van der Waals surface area (Å²) in [5.41, 5.74) is 5.68. The van der Waals surface area contributed by atoms with E-state index in [-0.39, 0.29) is 28.3 Å². The number of quaternary nitrogens is 1. The first-order chi connectivity index (χ1) is 22.3. The summed E-state index contributed by atoms with van der Waals surface area (Å²) >= 11 is 0. The van der Waals surface area contributed by atoms with Crippen LogP contribution in [0.1, 0.15) is 141 Å². The van der Waals surface area contributed by atoms with Gasteiger partial charge in [0.1, 0.15) is 11.5 Å². The van der Waals surface area contributed by atoms with Gasteiger partial charge in [-0.1, -0.05) is 101 Å². The number of likely N-dealkylation sites (N-methyl/N-ethyl adjacent to an activating group) is 1. The van der Waals surface area contributed by atoms with Crippen LogP contribution in [0, 0.1) is 0 Å². The Morgan fingerprint density at radius 1 is 0.750 bits per heavy atom. The van der Waals surface area contributed by atoms with E-state index in [1.165, 1.54) is 30.5 Å². The molecule has 1 aliphatic heterocycles. The molecule has 2 aromatic carbocycles. The van der Waals surface area contributed by atoms with E-state index in [4.69, 9.17) is 9.98 Å². The molecule has 0 bridgehead atoms. The number of rotatable bonds is 9. The Morgan fingerprint density at radius 3 is 1.73 bits per heavy atom. The van der Waals surface area contributed by atoms with E-state index in [1.54, 1.807) is 0 Å². The van der Waals surface area contributed by atoms with Gasteiger partial charge in [-0.3, -0.25) is 14.9 Å². The Hall–Kier alpha value is -2.70. The largest absolute Gasteiger partial charge is 0.507 e. The van der Waals surface area contributed by atoms with Gasteiger partial charge in [0.05, 0.1) is 38.8 Å². The van der Waals surface area contributed by atoms with Crippen molar-refractivity contribution >= 4 is 12.4 Å². The zero-order valence-corrected chi connectivity index (χ0v) is 32.3. The number of phenolic OH excluding ortho intramolecular Hbond substituents is 2. The third-order valence-electron chi connectivity index (χ3n) is 10.8. The molecule has 1 saturated heterocycles. The average molecular weight is 660 g/mol. The minimum Gasteiger partial charge on any atom is -0.507 e. The Balaban J connectivity index is 1.59. The van der Waals surface area contributed by atoms with Crippen LogP contribution in [0.2, 0.25) is 0 Å². The molecule has 266 valence electrons. The zero-order chi connectivity index (χ0) is 35.5. The van der Waals surface area contributed by atoms with Crippen LogP contribution < -0.4 is 0 Å². The molecule has 6 nitrogen and oxygen atoms in total. The third-order valence-corrected chi connectivity index (χ3v) is 10.8. The number of unbranched alkanes of at least 4 members (excludes halogenated alkanes) is 1. The SMILES string of the molecule is CCCC[N+]1(C)CCN(Cc2cc(C(C)(C)C)cc(/C=N/[C@@H]3CCCCC3/N=C/c3cc(C(C)(C)C)cc(C(C)(C)C)c3O)c2O)CC1. The molecule has 1 saturated carbocycles. The van der Waals surface area contributed by atoms with Crippen molar-refractivity contribution in [1.82, 2.24) is 4.90 Å². The van der Waals surface area contributed by atoms with Crippen molar-refractivity contribution in [2.24, 2.45) is 9.98 Å². The van der Waals surface area contributed by atoms with Gasteiger partial charge in [-0.15, -0.1) is 0 Å². The first kappa shape index (κ1) is 38.1. The van der Waals surface area contributed by atoms with Crippen molar-refractivity contribution in [1.29, 1.82) is 0 Å². The van der Waals surface area contributed by atoms with E-state index in [0.717, 1.165) is 85.1 Å². The summed E-state index contributed by atoms with van der Waals surface area (Å²) < 4.78 is 1.15. The molecule has 1 aliphatic carbocycles. The van der Waals surface area contributed by atoms with E-state index in [0.29, 0.717) is 11.5 Å². The molecule has 2 N–H and O–H groups in total. The van der Waals surface area contributed by atoms with Crippen molar-refractivity contribution in [2.45, 2.75) is 143 Å². The zero-order valence-electron chi connectivity index (χ0n) is 32.3. The molecule has 1 unspecified atom stereocenters. The van der Waals surface area contributed by atoms with Crippen LogP contribution in [0.5, 0.6) is 11.5 Å². The van der Waals surface area contributed by atoms with Gasteiger partial charge < -0.3 is 14.7 Å². The average Bonchev–Trinajstić information content (AvgIpc) is 3.00. The highest BCUT2D eigenvalue weighted by molar-refractivity contribution is 5.86. The fraction of sp³-hybridized carbons (Fsp3) is 0.667. The normalized spacial score (nSPS) is 21.4. The molecule has 2 fully saturated rings. The van der Waals surface area contributed by atoms with Gasteiger partial charge >= 0.3 is 0 Å². The topological polar surface area (TPSA) is 68.4 Å². The second-order valence-corrected chi connectivity index (χ2v) is 18.2. The number of hydrogen-bond acceptors (Lipinski definition) is 5. The van der Waals surface area contributed by atoms with Gasteiger partial charge in [-0.25, -0.2) is 0 Å². The monoisotopic (exact) mass is 660 g/mol. The van der Waals surface area contributed by atoms with Gasteiger partial charge in [0.15, 0.2) is 0 Å². The molecule has 1 heterocycles. The maximum Gasteiger partial charge on any atom is 0.128 e. The molecule has 0 aromatic heterocycles. The molecule has 2 atom stereocenters. The molecule has 0 spiro atoms. The standard InChI is InChI=1S/C42H66N4O2/c1-12-13-20-46(11)21-18-45(19-22-46)29-32-25-33(40(2,3)4)23-30(38(32)47)27-43-36-16-14-15-17-37(36)44-28-31-24-34(41(5,6)7)26-35(39(31)48)42(8,9)10/h23-28,36-37H,12-22,29H2,1-11H3,(H-,43,44,47,48)/p+1/t36-,37?/m1/s1. The highest BCUT2D eigenvalue weighted by atomic mass is 16.3. The summed E-state index contributed by atoms with van der Waals surface area (Å²) in [5.74, 6) is 0.680. The lowest BCUT2D eigenvalue weighted by Gasteiger charge is -2.42. The lowest BCUT2D eigenvalue weighted by atomic mass is 9.79. The number of benzene rings is 2. The van der Waals surface area contributed by atoms with Crippen molar-refractivity contribution in [2.75, 3.05) is 39.8 Å². The van der Waals surface area contributed by atoms with E-state index >= 15 is 0 Å². The highest BCUT2D eigenvalue weighted by Crippen LogP contribution is 2.38. The maximum absolute atomic E-state index is 11.6. The number of nitrogens with zero attached hydrogens (tertiary/aromatic N) is 4. The summed E-state index contributed by atoms with van der Waals surface area (Å²) in [6, 6.07) is 8.66. The molecule has 0 radical (unpaired) electrons. The van der Waals surface area contributed by atoms with E-state index in [2.05, 4.69) is 105 Å². The second-order valence-electron chi connectivity index (χ2n) is 18.2. The molecule has 2 aromatic rings. The van der Waals surface area contributed by atoms with Crippen molar-refractivity contribution in [3.05, 3.63) is 57.6 Å². The van der Waals surface area contributed by atoms with Gasteiger partial charge in [0.25, 0.3) is 0 Å². The van der Waals surface area contributed by atoms with Crippen LogP contribution in [0.3, 0.4) is 0 Å². The second kappa shape index (κ2) is 15.0. The van der Waals surface area contributed by atoms with Crippen LogP contribution in [0.25, 0.3) is 0 Å². The molecule has 6 heteroatoms. The van der Waals surface area contributed by atoms with Crippen LogP contribution in [-0.4, -0.2) is 83.9 Å². The van der Waals surface area contributed by atoms with Crippen molar-refractivity contribution in [3.63, 3.8) is 0 Å². The fourth-order valence-electron chi connectivity index (χ4n) is 7.07. The number of aromatic hydroxyl groups is 2. The van der Waals surface area contributed by atoms with Gasteiger partial charge in [-0.05, 0) is 58.8 Å². The predicted octanol–water partition coefficient (Wildman–Crippen LogP) is 8.90. The minimum atomic E-state index is -0.184. The molecular weight excluding hydrogens is 592 g/mol. The quantitative estimate of drug-likeness (QED) is 0.209. The van der Waals surface area contributed by atoms with Gasteiger partial charge in [0.2, 0.25) is 0 Å². The van der Waals surface area contributed by atoms with Crippen molar-refractivity contribution in [3.8, 4) is 11.5 Å². The summed E-state index contributed by atoms with van der Waals surface area (Å²) in [7, 11) is 2.40. The fourth-order valence-corrected chi connectivity index (χ4v) is 7.07. The van der Waals surface area contributed by atoms with Crippen LogP contribution >= 0.6 is 0 Å².